The summed E-state index contributed by atoms with van der Waals surface area (Å²) in [5.74, 6) is 0.513. The summed E-state index contributed by atoms with van der Waals surface area (Å²) in [4.78, 5) is 0.137. The molecule has 90 valence electrons. The van der Waals surface area contributed by atoms with E-state index in [-0.39, 0.29) is 11.5 Å². The topological polar surface area (TPSA) is 52.6 Å². The van der Waals surface area contributed by atoms with E-state index in [1.54, 1.807) is 19.1 Å². The summed E-state index contributed by atoms with van der Waals surface area (Å²) in [6, 6.07) is 4.78. The molecule has 0 saturated heterocycles. The standard InChI is InChI=1S/C11H16O4S/c1-4-5-15-16(12,13)11-7-9(2)6-10(8-11)14-3/h6-8H,4-5H2,1-3H3. The van der Waals surface area contributed by atoms with Gasteiger partial charge in [-0.1, -0.05) is 6.92 Å². The molecule has 0 aliphatic rings. The Balaban J connectivity index is 3.07. The first-order valence-electron chi connectivity index (χ1n) is 5.04. The van der Waals surface area contributed by atoms with Gasteiger partial charge in [0.15, 0.2) is 0 Å². The van der Waals surface area contributed by atoms with Crippen LogP contribution >= 0.6 is 0 Å². The minimum Gasteiger partial charge on any atom is -0.497 e. The molecule has 16 heavy (non-hydrogen) atoms. The van der Waals surface area contributed by atoms with Crippen molar-refractivity contribution >= 4 is 10.1 Å². The van der Waals surface area contributed by atoms with Gasteiger partial charge in [0.1, 0.15) is 5.75 Å². The van der Waals surface area contributed by atoms with Gasteiger partial charge in [-0.2, -0.15) is 8.42 Å². The van der Waals surface area contributed by atoms with Gasteiger partial charge in [-0.15, -0.1) is 0 Å². The molecule has 0 heterocycles. The molecule has 5 heteroatoms. The predicted molar refractivity (Wildman–Crippen MR) is 61.2 cm³/mol. The lowest BCUT2D eigenvalue weighted by atomic mass is 10.2. The highest BCUT2D eigenvalue weighted by Crippen LogP contribution is 2.21. The largest absolute Gasteiger partial charge is 0.497 e. The highest BCUT2D eigenvalue weighted by atomic mass is 32.2. The molecule has 0 aromatic heterocycles. The molecule has 0 atom stereocenters. The molecule has 0 fully saturated rings. The number of rotatable bonds is 5. The molecule has 0 saturated carbocycles. The van der Waals surface area contributed by atoms with E-state index in [2.05, 4.69) is 0 Å². The zero-order valence-corrected chi connectivity index (χ0v) is 10.5. The summed E-state index contributed by atoms with van der Waals surface area (Å²) in [7, 11) is -2.16. The fourth-order valence-electron chi connectivity index (χ4n) is 1.24. The van der Waals surface area contributed by atoms with Crippen molar-refractivity contribution in [3.63, 3.8) is 0 Å². The molecule has 4 nitrogen and oxygen atoms in total. The first-order chi connectivity index (χ1) is 7.49. The molecular weight excluding hydrogens is 228 g/mol. The molecule has 1 aromatic carbocycles. The summed E-state index contributed by atoms with van der Waals surface area (Å²) < 4.78 is 33.3. The van der Waals surface area contributed by atoms with Crippen LogP contribution in [0.1, 0.15) is 18.9 Å². The molecule has 0 radical (unpaired) electrons. The van der Waals surface area contributed by atoms with Gasteiger partial charge in [0, 0.05) is 6.07 Å². The van der Waals surface area contributed by atoms with E-state index in [0.717, 1.165) is 5.56 Å². The van der Waals surface area contributed by atoms with Gasteiger partial charge in [-0.05, 0) is 31.0 Å². The molecule has 1 rings (SSSR count). The minimum atomic E-state index is -3.66. The van der Waals surface area contributed by atoms with Crippen LogP contribution in [0.25, 0.3) is 0 Å². The Morgan fingerprint density at radius 1 is 1.25 bits per heavy atom. The maximum Gasteiger partial charge on any atom is 0.297 e. The van der Waals surface area contributed by atoms with Gasteiger partial charge >= 0.3 is 0 Å². The van der Waals surface area contributed by atoms with Crippen molar-refractivity contribution in [2.45, 2.75) is 25.2 Å². The third-order valence-corrected chi connectivity index (χ3v) is 3.28. The highest BCUT2D eigenvalue weighted by Gasteiger charge is 2.16. The quantitative estimate of drug-likeness (QED) is 0.744. The van der Waals surface area contributed by atoms with Gasteiger partial charge < -0.3 is 4.74 Å². The fraction of sp³-hybridized carbons (Fsp3) is 0.455. The Labute approximate surface area is 96.3 Å². The van der Waals surface area contributed by atoms with Crippen LogP contribution in [0, 0.1) is 6.92 Å². The first kappa shape index (κ1) is 13.0. The molecular formula is C11H16O4S. The fourth-order valence-corrected chi connectivity index (χ4v) is 2.35. The van der Waals surface area contributed by atoms with Crippen molar-refractivity contribution < 1.29 is 17.3 Å². The summed E-state index contributed by atoms with van der Waals surface area (Å²) in [5, 5.41) is 0. The zero-order chi connectivity index (χ0) is 12.2. The first-order valence-corrected chi connectivity index (χ1v) is 6.45. The maximum absolute atomic E-state index is 11.7. The van der Waals surface area contributed by atoms with Crippen molar-refractivity contribution in [2.24, 2.45) is 0 Å². The van der Waals surface area contributed by atoms with Crippen LogP contribution in [0.4, 0.5) is 0 Å². The Hall–Kier alpha value is -1.07. The second-order valence-electron chi connectivity index (χ2n) is 3.46. The minimum absolute atomic E-state index is 0.137. The summed E-state index contributed by atoms with van der Waals surface area (Å²) >= 11 is 0. The van der Waals surface area contributed by atoms with Crippen LogP contribution in [-0.2, 0) is 14.3 Å². The van der Waals surface area contributed by atoms with Crippen LogP contribution in [0.3, 0.4) is 0 Å². The monoisotopic (exact) mass is 244 g/mol. The normalized spacial score (nSPS) is 11.4. The van der Waals surface area contributed by atoms with Gasteiger partial charge in [0.2, 0.25) is 0 Å². The number of ether oxygens (including phenoxy) is 1. The van der Waals surface area contributed by atoms with Gasteiger partial charge in [0.05, 0.1) is 18.6 Å². The molecule has 0 spiro atoms. The van der Waals surface area contributed by atoms with Crippen molar-refractivity contribution in [2.75, 3.05) is 13.7 Å². The molecule has 0 unspecified atom stereocenters. The molecule has 0 N–H and O–H groups in total. The summed E-state index contributed by atoms with van der Waals surface area (Å²) in [5.41, 5.74) is 0.818. The Morgan fingerprint density at radius 2 is 1.94 bits per heavy atom. The van der Waals surface area contributed by atoms with Crippen molar-refractivity contribution in [1.82, 2.24) is 0 Å². The van der Waals surface area contributed by atoms with Gasteiger partial charge in [-0.25, -0.2) is 0 Å². The number of methoxy groups -OCH3 is 1. The third kappa shape index (κ3) is 3.21. The predicted octanol–water partition coefficient (Wildman–Crippen LogP) is 2.12. The zero-order valence-electron chi connectivity index (χ0n) is 9.69. The smallest absolute Gasteiger partial charge is 0.297 e. The van der Waals surface area contributed by atoms with Crippen molar-refractivity contribution in [3.05, 3.63) is 23.8 Å². The Morgan fingerprint density at radius 3 is 2.50 bits per heavy atom. The van der Waals surface area contributed by atoms with Crippen LogP contribution < -0.4 is 4.74 Å². The molecule has 0 amide bonds. The van der Waals surface area contributed by atoms with Crippen LogP contribution in [-0.4, -0.2) is 22.1 Å². The number of hydrogen-bond acceptors (Lipinski definition) is 4. The van der Waals surface area contributed by atoms with Crippen molar-refractivity contribution in [3.8, 4) is 5.75 Å². The summed E-state index contributed by atoms with van der Waals surface area (Å²) in [6.45, 7) is 3.85. The number of aryl methyl sites for hydroxylation is 1. The average Bonchev–Trinajstić information content (AvgIpc) is 2.25. The summed E-state index contributed by atoms with van der Waals surface area (Å²) in [6.07, 6.45) is 0.655. The SMILES string of the molecule is CCCOS(=O)(=O)c1cc(C)cc(OC)c1. The van der Waals surface area contributed by atoms with E-state index in [9.17, 15) is 8.42 Å². The molecule has 0 bridgehead atoms. The van der Waals surface area contributed by atoms with E-state index >= 15 is 0 Å². The second-order valence-corrected chi connectivity index (χ2v) is 5.08. The lowest BCUT2D eigenvalue weighted by Gasteiger charge is -2.07. The van der Waals surface area contributed by atoms with Crippen LogP contribution in [0.5, 0.6) is 5.75 Å². The lowest BCUT2D eigenvalue weighted by molar-refractivity contribution is 0.317. The molecule has 0 aliphatic heterocycles. The van der Waals surface area contributed by atoms with E-state index in [0.29, 0.717) is 12.2 Å². The van der Waals surface area contributed by atoms with E-state index in [1.165, 1.54) is 13.2 Å². The van der Waals surface area contributed by atoms with E-state index in [4.69, 9.17) is 8.92 Å². The third-order valence-electron chi connectivity index (χ3n) is 1.99. The number of hydrogen-bond donors (Lipinski definition) is 0. The van der Waals surface area contributed by atoms with E-state index in [1.807, 2.05) is 6.92 Å². The average molecular weight is 244 g/mol. The van der Waals surface area contributed by atoms with Crippen LogP contribution in [0.15, 0.2) is 23.1 Å². The number of benzene rings is 1. The second kappa shape index (κ2) is 5.32. The van der Waals surface area contributed by atoms with Crippen LogP contribution in [0.2, 0.25) is 0 Å². The highest BCUT2D eigenvalue weighted by molar-refractivity contribution is 7.86. The molecule has 1 aromatic rings. The maximum atomic E-state index is 11.7. The Bertz CT molecular complexity index is 451. The van der Waals surface area contributed by atoms with Gasteiger partial charge in [0.25, 0.3) is 10.1 Å². The van der Waals surface area contributed by atoms with Crippen molar-refractivity contribution in [1.29, 1.82) is 0 Å². The Kier molecular flexibility index (Phi) is 4.32. The lowest BCUT2D eigenvalue weighted by Crippen LogP contribution is -2.07. The molecule has 0 aliphatic carbocycles. The van der Waals surface area contributed by atoms with Gasteiger partial charge in [-0.3, -0.25) is 4.18 Å². The van der Waals surface area contributed by atoms with E-state index < -0.39 is 10.1 Å².